The molecule has 1 aliphatic heterocycles. The summed E-state index contributed by atoms with van der Waals surface area (Å²) >= 11 is 0. The highest BCUT2D eigenvalue weighted by atomic mass is 15.1. The van der Waals surface area contributed by atoms with Gasteiger partial charge in [-0.05, 0) is 22.3 Å². The first-order valence-corrected chi connectivity index (χ1v) is 5.87. The first kappa shape index (κ1) is 8.99. The molecule has 82 valence electrons. The van der Waals surface area contributed by atoms with Gasteiger partial charge in [0.2, 0.25) is 0 Å². The Morgan fingerprint density at radius 1 is 0.882 bits per heavy atom. The number of benzene rings is 2. The third-order valence-corrected chi connectivity index (χ3v) is 3.79. The number of hydrogen-bond donors (Lipinski definition) is 1. The van der Waals surface area contributed by atoms with Crippen LogP contribution in [0.15, 0.2) is 53.5 Å². The second-order valence-corrected chi connectivity index (χ2v) is 4.61. The van der Waals surface area contributed by atoms with E-state index in [1.54, 1.807) is 0 Å². The second kappa shape index (κ2) is 2.98. The van der Waals surface area contributed by atoms with E-state index in [-0.39, 0.29) is 5.54 Å². The lowest BCUT2D eigenvalue weighted by Gasteiger charge is -2.26. The molecular formula is C15H12N2. The fourth-order valence-electron chi connectivity index (χ4n) is 3.04. The molecule has 0 atom stereocenters. The largest absolute Gasteiger partial charge is 0.361 e. The molecule has 2 aliphatic rings. The van der Waals surface area contributed by atoms with Crippen molar-refractivity contribution in [2.24, 2.45) is 4.99 Å². The predicted octanol–water partition coefficient (Wildman–Crippen LogP) is 2.54. The van der Waals surface area contributed by atoms with Crippen LogP contribution in [0.2, 0.25) is 0 Å². The number of nitrogens with zero attached hydrogens (tertiary/aromatic N) is 1. The van der Waals surface area contributed by atoms with Crippen molar-refractivity contribution in [3.63, 3.8) is 0 Å². The van der Waals surface area contributed by atoms with Crippen LogP contribution in [-0.4, -0.2) is 12.9 Å². The minimum absolute atomic E-state index is 0.118. The molecule has 17 heavy (non-hydrogen) atoms. The summed E-state index contributed by atoms with van der Waals surface area (Å²) in [7, 11) is 0. The summed E-state index contributed by atoms with van der Waals surface area (Å²) in [5.74, 6) is 0. The molecule has 1 heterocycles. The SMILES string of the molecule is C1=NCC2(N1)c1ccccc1-c1ccccc12. The first-order valence-electron chi connectivity index (χ1n) is 5.87. The third-order valence-electron chi connectivity index (χ3n) is 3.79. The van der Waals surface area contributed by atoms with Gasteiger partial charge in [-0.3, -0.25) is 4.99 Å². The minimum atomic E-state index is -0.118. The van der Waals surface area contributed by atoms with Gasteiger partial charge in [-0.15, -0.1) is 0 Å². The third kappa shape index (κ3) is 0.978. The molecule has 2 nitrogen and oxygen atoms in total. The molecular weight excluding hydrogens is 208 g/mol. The van der Waals surface area contributed by atoms with Gasteiger partial charge in [-0.25, -0.2) is 0 Å². The molecule has 2 aromatic carbocycles. The van der Waals surface area contributed by atoms with Gasteiger partial charge in [-0.1, -0.05) is 48.5 Å². The van der Waals surface area contributed by atoms with E-state index in [4.69, 9.17) is 0 Å². The van der Waals surface area contributed by atoms with Gasteiger partial charge in [-0.2, -0.15) is 0 Å². The maximum atomic E-state index is 4.38. The molecule has 0 saturated heterocycles. The van der Waals surface area contributed by atoms with E-state index in [0.717, 1.165) is 6.54 Å². The second-order valence-electron chi connectivity index (χ2n) is 4.61. The van der Waals surface area contributed by atoms with Crippen LogP contribution in [0.3, 0.4) is 0 Å². The lowest BCUT2D eigenvalue weighted by atomic mass is 9.88. The Labute approximate surface area is 100 Å². The smallest absolute Gasteiger partial charge is 0.110 e. The standard InChI is InChI=1S/C15H12N2/c1-3-7-13-11(5-1)12-6-2-4-8-14(12)15(13)9-16-10-17-15/h1-8,10H,9H2,(H,16,17). The zero-order valence-electron chi connectivity index (χ0n) is 9.35. The van der Waals surface area contributed by atoms with Gasteiger partial charge in [0, 0.05) is 0 Å². The summed E-state index contributed by atoms with van der Waals surface area (Å²) in [5.41, 5.74) is 5.24. The van der Waals surface area contributed by atoms with Gasteiger partial charge >= 0.3 is 0 Å². The number of aliphatic imine (C=N–C) groups is 1. The zero-order chi connectivity index (χ0) is 11.3. The molecule has 2 aromatic rings. The highest BCUT2D eigenvalue weighted by Crippen LogP contribution is 2.47. The van der Waals surface area contributed by atoms with E-state index in [0.29, 0.717) is 0 Å². The molecule has 0 saturated carbocycles. The van der Waals surface area contributed by atoms with Crippen LogP contribution in [-0.2, 0) is 5.54 Å². The van der Waals surface area contributed by atoms with Crippen molar-refractivity contribution in [1.82, 2.24) is 5.32 Å². The average molecular weight is 220 g/mol. The fourth-order valence-corrected chi connectivity index (χ4v) is 3.04. The lowest BCUT2D eigenvalue weighted by Crippen LogP contribution is -2.39. The van der Waals surface area contributed by atoms with E-state index in [1.165, 1.54) is 22.3 Å². The van der Waals surface area contributed by atoms with Crippen LogP contribution < -0.4 is 5.32 Å². The number of nitrogens with one attached hydrogen (secondary N) is 1. The van der Waals surface area contributed by atoms with Crippen LogP contribution in [0.4, 0.5) is 0 Å². The molecule has 0 bridgehead atoms. The monoisotopic (exact) mass is 220 g/mol. The summed E-state index contributed by atoms with van der Waals surface area (Å²) in [6.07, 6.45) is 1.83. The molecule has 0 aromatic heterocycles. The highest BCUT2D eigenvalue weighted by Gasteiger charge is 2.43. The summed E-state index contributed by atoms with van der Waals surface area (Å²) in [4.78, 5) is 4.38. The Hall–Kier alpha value is -2.09. The molecule has 0 radical (unpaired) electrons. The topological polar surface area (TPSA) is 24.4 Å². The average Bonchev–Trinajstić information content (AvgIpc) is 2.98. The van der Waals surface area contributed by atoms with Crippen molar-refractivity contribution in [3.8, 4) is 11.1 Å². The summed E-state index contributed by atoms with van der Waals surface area (Å²) < 4.78 is 0. The van der Waals surface area contributed by atoms with E-state index in [2.05, 4.69) is 58.8 Å². The summed E-state index contributed by atoms with van der Waals surface area (Å²) in [6, 6.07) is 17.2. The van der Waals surface area contributed by atoms with Crippen LogP contribution in [0.25, 0.3) is 11.1 Å². The van der Waals surface area contributed by atoms with Gasteiger partial charge in [0.15, 0.2) is 0 Å². The quantitative estimate of drug-likeness (QED) is 0.725. The molecule has 4 rings (SSSR count). The molecule has 0 fully saturated rings. The Morgan fingerprint density at radius 3 is 2.00 bits per heavy atom. The fraction of sp³-hybridized carbons (Fsp3) is 0.133. The van der Waals surface area contributed by atoms with E-state index >= 15 is 0 Å². The molecule has 2 heteroatoms. The Morgan fingerprint density at radius 2 is 1.47 bits per heavy atom. The van der Waals surface area contributed by atoms with Gasteiger partial charge in [0.1, 0.15) is 5.54 Å². The Bertz CT molecular complexity index is 573. The summed E-state index contributed by atoms with van der Waals surface area (Å²) in [5, 5.41) is 3.45. The highest BCUT2D eigenvalue weighted by molar-refractivity contribution is 5.83. The van der Waals surface area contributed by atoms with Crippen LogP contribution in [0.1, 0.15) is 11.1 Å². The molecule has 0 unspecified atom stereocenters. The van der Waals surface area contributed by atoms with E-state index < -0.39 is 0 Å². The van der Waals surface area contributed by atoms with Crippen LogP contribution >= 0.6 is 0 Å². The maximum Gasteiger partial charge on any atom is 0.110 e. The Kier molecular flexibility index (Phi) is 1.57. The Balaban J connectivity index is 2.10. The van der Waals surface area contributed by atoms with Gasteiger partial charge in [0.05, 0.1) is 12.9 Å². The number of hydrogen-bond acceptors (Lipinski definition) is 2. The normalized spacial score (nSPS) is 17.9. The van der Waals surface area contributed by atoms with Crippen LogP contribution in [0, 0.1) is 0 Å². The van der Waals surface area contributed by atoms with Crippen molar-refractivity contribution in [1.29, 1.82) is 0 Å². The molecule has 1 spiro atoms. The molecule has 1 aliphatic carbocycles. The van der Waals surface area contributed by atoms with Crippen molar-refractivity contribution in [3.05, 3.63) is 59.7 Å². The minimum Gasteiger partial charge on any atom is -0.361 e. The summed E-state index contributed by atoms with van der Waals surface area (Å²) in [6.45, 7) is 0.793. The van der Waals surface area contributed by atoms with Crippen molar-refractivity contribution in [2.75, 3.05) is 6.54 Å². The van der Waals surface area contributed by atoms with Crippen molar-refractivity contribution >= 4 is 6.34 Å². The molecule has 1 N–H and O–H groups in total. The number of rotatable bonds is 0. The van der Waals surface area contributed by atoms with E-state index in [9.17, 15) is 0 Å². The lowest BCUT2D eigenvalue weighted by molar-refractivity contribution is 0.541. The van der Waals surface area contributed by atoms with E-state index in [1.807, 2.05) is 6.34 Å². The van der Waals surface area contributed by atoms with Crippen molar-refractivity contribution in [2.45, 2.75) is 5.54 Å². The maximum absolute atomic E-state index is 4.38. The van der Waals surface area contributed by atoms with Gasteiger partial charge < -0.3 is 5.32 Å². The first-order chi connectivity index (χ1) is 8.42. The van der Waals surface area contributed by atoms with Crippen LogP contribution in [0.5, 0.6) is 0 Å². The zero-order valence-corrected chi connectivity index (χ0v) is 9.35. The molecule has 0 amide bonds. The predicted molar refractivity (Wildman–Crippen MR) is 69.2 cm³/mol. The van der Waals surface area contributed by atoms with Gasteiger partial charge in [0.25, 0.3) is 0 Å². The number of fused-ring (bicyclic) bond motifs is 5. The van der Waals surface area contributed by atoms with Crippen molar-refractivity contribution < 1.29 is 0 Å².